The number of rotatable bonds is 4. The van der Waals surface area contributed by atoms with Crippen LogP contribution in [0.1, 0.15) is 30.3 Å². The second kappa shape index (κ2) is 5.83. The van der Waals surface area contributed by atoms with Gasteiger partial charge in [-0.2, -0.15) is 0 Å². The summed E-state index contributed by atoms with van der Waals surface area (Å²) in [4.78, 5) is 24.4. The number of nitrogens with zero attached hydrogens (tertiary/aromatic N) is 1. The number of hydrogen-bond donors (Lipinski definition) is 3. The molecule has 2 rings (SSSR count). The van der Waals surface area contributed by atoms with Crippen molar-refractivity contribution in [2.75, 3.05) is 13.1 Å². The fourth-order valence-corrected chi connectivity index (χ4v) is 2.33. The lowest BCUT2D eigenvalue weighted by Crippen LogP contribution is -2.44. The van der Waals surface area contributed by atoms with Gasteiger partial charge in [-0.25, -0.2) is 4.98 Å². The van der Waals surface area contributed by atoms with Gasteiger partial charge in [-0.15, -0.1) is 0 Å². The fraction of sp³-hybridized carbons (Fsp3) is 0.583. The Balaban J connectivity index is 1.93. The van der Waals surface area contributed by atoms with Gasteiger partial charge < -0.3 is 20.7 Å². The molecule has 0 saturated carbocycles. The van der Waals surface area contributed by atoms with Crippen molar-refractivity contribution < 1.29 is 9.72 Å². The van der Waals surface area contributed by atoms with E-state index in [0.717, 1.165) is 25.9 Å². The van der Waals surface area contributed by atoms with E-state index in [1.54, 1.807) is 0 Å². The van der Waals surface area contributed by atoms with Gasteiger partial charge in [-0.1, -0.05) is 0 Å². The Morgan fingerprint density at radius 3 is 2.95 bits per heavy atom. The molecule has 2 atom stereocenters. The zero-order chi connectivity index (χ0) is 13.8. The van der Waals surface area contributed by atoms with Crippen LogP contribution in [0.3, 0.4) is 0 Å². The summed E-state index contributed by atoms with van der Waals surface area (Å²) in [5.41, 5.74) is 0.224. The number of nitrogens with one attached hydrogen (secondary N) is 3. The first-order valence-electron chi connectivity index (χ1n) is 6.43. The lowest BCUT2D eigenvalue weighted by molar-refractivity contribution is -0.389. The van der Waals surface area contributed by atoms with E-state index in [1.807, 2.05) is 6.92 Å². The summed E-state index contributed by atoms with van der Waals surface area (Å²) in [5.74, 6) is -0.0639. The van der Waals surface area contributed by atoms with Crippen LogP contribution < -0.4 is 10.6 Å². The van der Waals surface area contributed by atoms with E-state index >= 15 is 0 Å². The number of aromatic nitrogens is 1. The molecule has 1 saturated heterocycles. The number of aromatic amines is 1. The lowest BCUT2D eigenvalue weighted by atomic mass is 9.93. The van der Waals surface area contributed by atoms with Crippen LogP contribution in [-0.2, 0) is 0 Å². The largest absolute Gasteiger partial charge is 0.358 e. The molecule has 19 heavy (non-hydrogen) atoms. The second-order valence-electron chi connectivity index (χ2n) is 4.88. The molecule has 0 aromatic carbocycles. The summed E-state index contributed by atoms with van der Waals surface area (Å²) in [7, 11) is 0. The maximum atomic E-state index is 11.9. The van der Waals surface area contributed by atoms with Gasteiger partial charge in [0.1, 0.15) is 0 Å². The maximum Gasteiger partial charge on any atom is 0.321 e. The van der Waals surface area contributed by atoms with Crippen LogP contribution in [0.5, 0.6) is 0 Å². The smallest absolute Gasteiger partial charge is 0.321 e. The summed E-state index contributed by atoms with van der Waals surface area (Å²) in [5, 5.41) is 16.7. The van der Waals surface area contributed by atoms with Crippen molar-refractivity contribution >= 4 is 11.7 Å². The highest BCUT2D eigenvalue weighted by molar-refractivity contribution is 5.93. The average molecular weight is 266 g/mol. The van der Waals surface area contributed by atoms with E-state index in [0.29, 0.717) is 5.92 Å². The molecule has 7 heteroatoms. The molecule has 1 aromatic rings. The Morgan fingerprint density at radius 2 is 2.37 bits per heavy atom. The van der Waals surface area contributed by atoms with E-state index < -0.39 is 4.92 Å². The fourth-order valence-electron chi connectivity index (χ4n) is 2.33. The molecule has 3 N–H and O–H groups in total. The quantitative estimate of drug-likeness (QED) is 0.560. The number of H-pyrrole nitrogens is 1. The first-order chi connectivity index (χ1) is 9.08. The molecule has 1 amide bonds. The Labute approximate surface area is 110 Å². The molecular formula is C12H18N4O3. The summed E-state index contributed by atoms with van der Waals surface area (Å²) in [6, 6.07) is 2.77. The summed E-state index contributed by atoms with van der Waals surface area (Å²) in [6.45, 7) is 3.89. The number of carbonyl (C=O) groups excluding carboxylic acids is 1. The van der Waals surface area contributed by atoms with Crippen molar-refractivity contribution in [3.05, 3.63) is 27.9 Å². The van der Waals surface area contributed by atoms with Crippen molar-refractivity contribution in [2.45, 2.75) is 25.8 Å². The molecule has 104 valence electrons. The molecule has 2 heterocycles. The Morgan fingerprint density at radius 1 is 1.58 bits per heavy atom. The molecule has 1 fully saturated rings. The molecule has 2 unspecified atom stereocenters. The van der Waals surface area contributed by atoms with Gasteiger partial charge in [0.05, 0.1) is 0 Å². The third-order valence-electron chi connectivity index (χ3n) is 3.51. The van der Waals surface area contributed by atoms with Crippen LogP contribution in [0.2, 0.25) is 0 Å². The normalized spacial score (nSPS) is 20.8. The standard InChI is InChI=1S/C12H18N4O3/c1-8(9-3-2-6-13-7-9)14-12(17)10-4-5-11(15-10)16(18)19/h4-5,8-9,13,15H,2-3,6-7H2,1H3,(H,14,17). The highest BCUT2D eigenvalue weighted by atomic mass is 16.6. The number of amides is 1. The molecule has 7 nitrogen and oxygen atoms in total. The minimum Gasteiger partial charge on any atom is -0.358 e. The molecule has 1 aliphatic heterocycles. The summed E-state index contributed by atoms with van der Waals surface area (Å²) in [6.07, 6.45) is 2.19. The van der Waals surface area contributed by atoms with Crippen LogP contribution in [0.25, 0.3) is 0 Å². The van der Waals surface area contributed by atoms with Crippen molar-refractivity contribution in [1.82, 2.24) is 15.6 Å². The monoisotopic (exact) mass is 266 g/mol. The molecule has 0 aliphatic carbocycles. The van der Waals surface area contributed by atoms with Crippen molar-refractivity contribution in [2.24, 2.45) is 5.92 Å². The second-order valence-corrected chi connectivity index (χ2v) is 4.88. The van der Waals surface area contributed by atoms with Crippen LogP contribution >= 0.6 is 0 Å². The maximum absolute atomic E-state index is 11.9. The third kappa shape index (κ3) is 3.31. The molecule has 1 aliphatic rings. The van der Waals surface area contributed by atoms with E-state index in [9.17, 15) is 14.9 Å². The Kier molecular flexibility index (Phi) is 4.16. The van der Waals surface area contributed by atoms with E-state index in [4.69, 9.17) is 0 Å². The number of carbonyl (C=O) groups is 1. The zero-order valence-electron chi connectivity index (χ0n) is 10.8. The first kappa shape index (κ1) is 13.5. The highest BCUT2D eigenvalue weighted by Gasteiger charge is 2.23. The van der Waals surface area contributed by atoms with Crippen molar-refractivity contribution in [1.29, 1.82) is 0 Å². The highest BCUT2D eigenvalue weighted by Crippen LogP contribution is 2.15. The van der Waals surface area contributed by atoms with Crippen molar-refractivity contribution in [3.8, 4) is 0 Å². The van der Waals surface area contributed by atoms with Crippen LogP contribution in [-0.4, -0.2) is 34.9 Å². The van der Waals surface area contributed by atoms with Gasteiger partial charge in [0.15, 0.2) is 5.69 Å². The van der Waals surface area contributed by atoms with Crippen LogP contribution in [0, 0.1) is 16.0 Å². The number of piperidine rings is 1. The predicted octanol–water partition coefficient (Wildman–Crippen LogP) is 1.04. The predicted molar refractivity (Wildman–Crippen MR) is 70.0 cm³/mol. The third-order valence-corrected chi connectivity index (χ3v) is 3.51. The minimum atomic E-state index is -0.550. The summed E-state index contributed by atoms with van der Waals surface area (Å²) >= 11 is 0. The van der Waals surface area contributed by atoms with Gasteiger partial charge in [0.25, 0.3) is 5.91 Å². The van der Waals surface area contributed by atoms with E-state index in [1.165, 1.54) is 12.1 Å². The molecule has 0 radical (unpaired) electrons. The van der Waals surface area contributed by atoms with Gasteiger partial charge >= 0.3 is 5.82 Å². The van der Waals surface area contributed by atoms with Gasteiger partial charge in [-0.05, 0) is 49.8 Å². The topological polar surface area (TPSA) is 100 Å². The molecule has 1 aromatic heterocycles. The number of hydrogen-bond acceptors (Lipinski definition) is 4. The first-order valence-corrected chi connectivity index (χ1v) is 6.43. The van der Waals surface area contributed by atoms with E-state index in [-0.39, 0.29) is 23.5 Å². The van der Waals surface area contributed by atoms with Gasteiger partial charge in [0.2, 0.25) is 0 Å². The molecule has 0 spiro atoms. The van der Waals surface area contributed by atoms with Crippen LogP contribution in [0.15, 0.2) is 12.1 Å². The Bertz CT molecular complexity index is 465. The zero-order valence-corrected chi connectivity index (χ0v) is 10.8. The Hall–Kier alpha value is -1.89. The van der Waals surface area contributed by atoms with E-state index in [2.05, 4.69) is 15.6 Å². The van der Waals surface area contributed by atoms with Gasteiger partial charge in [-0.3, -0.25) is 4.79 Å². The average Bonchev–Trinajstić information content (AvgIpc) is 2.89. The summed E-state index contributed by atoms with van der Waals surface area (Å²) < 4.78 is 0. The van der Waals surface area contributed by atoms with Crippen molar-refractivity contribution in [3.63, 3.8) is 0 Å². The van der Waals surface area contributed by atoms with Gasteiger partial charge in [0, 0.05) is 12.1 Å². The number of nitro groups is 1. The molecular weight excluding hydrogens is 248 g/mol. The molecule has 0 bridgehead atoms. The lowest BCUT2D eigenvalue weighted by Gasteiger charge is -2.28. The SMILES string of the molecule is CC(NC(=O)c1ccc([N+](=O)[O-])[nH]1)C1CCCNC1. The van der Waals surface area contributed by atoms with Crippen LogP contribution in [0.4, 0.5) is 5.82 Å². The minimum absolute atomic E-state index is 0.0441.